The predicted molar refractivity (Wildman–Crippen MR) is 59.7 cm³/mol. The Kier molecular flexibility index (Phi) is 2.91. The monoisotopic (exact) mass is 196 g/mol. The molecule has 72 valence electrons. The van der Waals surface area contributed by atoms with Crippen LogP contribution in [-0.4, -0.2) is 5.11 Å². The van der Waals surface area contributed by atoms with E-state index >= 15 is 0 Å². The maximum atomic E-state index is 9.76. The zero-order chi connectivity index (χ0) is 10.2. The molecule has 1 nitrogen and oxygen atoms in total. The van der Waals surface area contributed by atoms with Crippen molar-refractivity contribution in [3.63, 3.8) is 0 Å². The van der Waals surface area contributed by atoms with Gasteiger partial charge < -0.3 is 5.11 Å². The van der Waals surface area contributed by atoms with Gasteiger partial charge >= 0.3 is 0 Å². The quantitative estimate of drug-likeness (QED) is 0.661. The van der Waals surface area contributed by atoms with Crippen LogP contribution in [0.4, 0.5) is 0 Å². The normalized spacial score (nSPS) is 10.5. The van der Waals surface area contributed by atoms with E-state index in [0.29, 0.717) is 5.75 Å². The zero-order valence-corrected chi connectivity index (χ0v) is 9.50. The molecular weight excluding hydrogens is 180 g/mol. The van der Waals surface area contributed by atoms with Crippen molar-refractivity contribution in [2.45, 2.75) is 33.4 Å². The molecule has 1 rings (SSSR count). The fraction of sp³-hybridized carbons (Fsp3) is 0.455. The van der Waals surface area contributed by atoms with E-state index in [1.165, 1.54) is 5.56 Å². The summed E-state index contributed by atoms with van der Waals surface area (Å²) in [4.78, 5) is 0. The SMILES string of the molecule is Cc1c(C)c(CS)c(C)c(C)c1O. The van der Waals surface area contributed by atoms with Gasteiger partial charge in [-0.3, -0.25) is 0 Å². The molecule has 0 bridgehead atoms. The average molecular weight is 196 g/mol. The maximum Gasteiger partial charge on any atom is 0.121 e. The summed E-state index contributed by atoms with van der Waals surface area (Å²) in [5, 5.41) is 9.76. The van der Waals surface area contributed by atoms with Gasteiger partial charge in [0.25, 0.3) is 0 Å². The number of benzene rings is 1. The molecule has 0 fully saturated rings. The fourth-order valence-corrected chi connectivity index (χ4v) is 2.08. The molecule has 0 aromatic heterocycles. The van der Waals surface area contributed by atoms with Crippen LogP contribution in [0.1, 0.15) is 27.8 Å². The van der Waals surface area contributed by atoms with Crippen LogP contribution in [0.3, 0.4) is 0 Å². The van der Waals surface area contributed by atoms with E-state index in [2.05, 4.69) is 12.6 Å². The number of rotatable bonds is 1. The molecule has 0 aliphatic heterocycles. The van der Waals surface area contributed by atoms with Gasteiger partial charge in [-0.25, -0.2) is 0 Å². The van der Waals surface area contributed by atoms with E-state index in [0.717, 1.165) is 28.0 Å². The van der Waals surface area contributed by atoms with E-state index in [1.54, 1.807) is 0 Å². The second-order valence-electron chi connectivity index (χ2n) is 3.49. The van der Waals surface area contributed by atoms with E-state index in [-0.39, 0.29) is 0 Å². The molecule has 0 heterocycles. The standard InChI is InChI=1S/C11H16OS/c1-6-8(3)11(12)9(4)7(2)10(6)5-13/h12-13H,5H2,1-4H3. The number of hydrogen-bond acceptors (Lipinski definition) is 2. The van der Waals surface area contributed by atoms with Crippen molar-refractivity contribution in [3.05, 3.63) is 27.8 Å². The Balaban J connectivity index is 3.56. The third-order valence-corrected chi connectivity index (χ3v) is 3.22. The van der Waals surface area contributed by atoms with Gasteiger partial charge in [0.15, 0.2) is 0 Å². The number of phenols is 1. The van der Waals surface area contributed by atoms with Crippen LogP contribution < -0.4 is 0 Å². The third kappa shape index (κ3) is 1.55. The molecule has 0 unspecified atom stereocenters. The molecule has 1 N–H and O–H groups in total. The van der Waals surface area contributed by atoms with Crippen LogP contribution in [0, 0.1) is 27.7 Å². The van der Waals surface area contributed by atoms with Gasteiger partial charge in [-0.15, -0.1) is 0 Å². The minimum Gasteiger partial charge on any atom is -0.507 e. The first kappa shape index (κ1) is 10.5. The summed E-state index contributed by atoms with van der Waals surface area (Å²) in [6, 6.07) is 0. The van der Waals surface area contributed by atoms with Gasteiger partial charge in [0.1, 0.15) is 5.75 Å². The molecule has 1 aromatic carbocycles. The zero-order valence-electron chi connectivity index (χ0n) is 8.60. The lowest BCUT2D eigenvalue weighted by molar-refractivity contribution is 0.465. The number of thiol groups is 1. The summed E-state index contributed by atoms with van der Waals surface area (Å²) >= 11 is 4.30. The van der Waals surface area contributed by atoms with Crippen LogP contribution in [0.15, 0.2) is 0 Å². The minimum atomic E-state index is 0.431. The van der Waals surface area contributed by atoms with Gasteiger partial charge in [-0.1, -0.05) is 0 Å². The summed E-state index contributed by atoms with van der Waals surface area (Å²) in [6.45, 7) is 7.97. The second-order valence-corrected chi connectivity index (χ2v) is 3.80. The van der Waals surface area contributed by atoms with Crippen molar-refractivity contribution >= 4 is 12.6 Å². The number of hydrogen-bond donors (Lipinski definition) is 2. The van der Waals surface area contributed by atoms with Crippen molar-refractivity contribution in [2.75, 3.05) is 0 Å². The molecule has 0 spiro atoms. The lowest BCUT2D eigenvalue weighted by atomic mass is 9.94. The molecule has 13 heavy (non-hydrogen) atoms. The highest BCUT2D eigenvalue weighted by Crippen LogP contribution is 2.31. The van der Waals surface area contributed by atoms with E-state index in [4.69, 9.17) is 0 Å². The largest absolute Gasteiger partial charge is 0.507 e. The Morgan fingerprint density at radius 2 is 1.31 bits per heavy atom. The van der Waals surface area contributed by atoms with Crippen molar-refractivity contribution in [1.29, 1.82) is 0 Å². The van der Waals surface area contributed by atoms with Gasteiger partial charge in [0, 0.05) is 5.75 Å². The van der Waals surface area contributed by atoms with Gasteiger partial charge in [0.05, 0.1) is 0 Å². The number of phenolic OH excluding ortho intramolecular Hbond substituents is 1. The first-order valence-corrected chi connectivity index (χ1v) is 5.03. The van der Waals surface area contributed by atoms with E-state index < -0.39 is 0 Å². The summed E-state index contributed by atoms with van der Waals surface area (Å²) in [5.41, 5.74) is 5.53. The van der Waals surface area contributed by atoms with Crippen LogP contribution >= 0.6 is 12.6 Å². The molecule has 0 aliphatic carbocycles. The van der Waals surface area contributed by atoms with E-state index in [9.17, 15) is 5.11 Å². The smallest absolute Gasteiger partial charge is 0.121 e. The molecule has 2 heteroatoms. The summed E-state index contributed by atoms with van der Waals surface area (Å²) in [5.74, 6) is 1.17. The van der Waals surface area contributed by atoms with Gasteiger partial charge in [0.2, 0.25) is 0 Å². The van der Waals surface area contributed by atoms with Crippen molar-refractivity contribution in [2.24, 2.45) is 0 Å². The number of aromatic hydroxyl groups is 1. The lowest BCUT2D eigenvalue weighted by Crippen LogP contribution is -1.97. The summed E-state index contributed by atoms with van der Waals surface area (Å²) in [6.07, 6.45) is 0. The second kappa shape index (κ2) is 3.62. The summed E-state index contributed by atoms with van der Waals surface area (Å²) in [7, 11) is 0. The fourth-order valence-electron chi connectivity index (χ4n) is 1.61. The molecule has 0 saturated heterocycles. The predicted octanol–water partition coefficient (Wildman–Crippen LogP) is 3.06. The Morgan fingerprint density at radius 1 is 0.923 bits per heavy atom. The van der Waals surface area contributed by atoms with E-state index in [1.807, 2.05) is 27.7 Å². The lowest BCUT2D eigenvalue weighted by Gasteiger charge is -2.15. The highest BCUT2D eigenvalue weighted by molar-refractivity contribution is 7.79. The first-order valence-electron chi connectivity index (χ1n) is 4.39. The van der Waals surface area contributed by atoms with Crippen molar-refractivity contribution in [1.82, 2.24) is 0 Å². The van der Waals surface area contributed by atoms with Crippen molar-refractivity contribution < 1.29 is 5.11 Å². The Labute approximate surface area is 85.2 Å². The highest BCUT2D eigenvalue weighted by atomic mass is 32.1. The molecule has 0 aliphatic rings. The Hall–Kier alpha value is -0.630. The van der Waals surface area contributed by atoms with Crippen LogP contribution in [0.2, 0.25) is 0 Å². The van der Waals surface area contributed by atoms with Crippen LogP contribution in [0.5, 0.6) is 5.75 Å². The minimum absolute atomic E-state index is 0.431. The van der Waals surface area contributed by atoms with Crippen LogP contribution in [0.25, 0.3) is 0 Å². The Morgan fingerprint density at radius 3 is 1.62 bits per heavy atom. The molecule has 0 amide bonds. The topological polar surface area (TPSA) is 20.2 Å². The highest BCUT2D eigenvalue weighted by Gasteiger charge is 2.12. The molecular formula is C11H16OS. The molecule has 1 aromatic rings. The molecule has 0 saturated carbocycles. The third-order valence-electron chi connectivity index (χ3n) is 2.90. The summed E-state index contributed by atoms with van der Waals surface area (Å²) < 4.78 is 0. The van der Waals surface area contributed by atoms with Crippen LogP contribution in [-0.2, 0) is 5.75 Å². The van der Waals surface area contributed by atoms with Gasteiger partial charge in [-0.2, -0.15) is 12.6 Å². The van der Waals surface area contributed by atoms with Crippen molar-refractivity contribution in [3.8, 4) is 5.75 Å². The molecule has 0 atom stereocenters. The van der Waals surface area contributed by atoms with Gasteiger partial charge in [-0.05, 0) is 55.5 Å². The average Bonchev–Trinajstić information content (AvgIpc) is 2.13. The first-order chi connectivity index (χ1) is 6.00. The maximum absolute atomic E-state index is 9.76. The molecule has 0 radical (unpaired) electrons. The Bertz CT molecular complexity index is 313.